The highest BCUT2D eigenvalue weighted by Gasteiger charge is 2.53. The Morgan fingerprint density at radius 2 is 1.59 bits per heavy atom. The van der Waals surface area contributed by atoms with Crippen molar-refractivity contribution in [1.82, 2.24) is 24.8 Å². The van der Waals surface area contributed by atoms with Crippen molar-refractivity contribution in [1.29, 1.82) is 0 Å². The number of benzene rings is 1. The lowest BCUT2D eigenvalue weighted by Gasteiger charge is -2.49. The number of nitrogens with zero attached hydrogens (tertiary/aromatic N) is 6. The van der Waals surface area contributed by atoms with Gasteiger partial charge in [-0.1, -0.05) is 38.1 Å². The lowest BCUT2D eigenvalue weighted by Crippen LogP contribution is -2.61. The molecule has 0 bridgehead atoms. The molecule has 4 aliphatic heterocycles. The van der Waals surface area contributed by atoms with Gasteiger partial charge in [0.05, 0.1) is 60.4 Å². The molecule has 6 rings (SSSR count). The monoisotopic (exact) mass is 1050 g/mol. The number of carbonyl (C=O) groups is 2. The molecule has 4 saturated heterocycles. The van der Waals surface area contributed by atoms with E-state index in [4.69, 9.17) is 33.2 Å². The van der Waals surface area contributed by atoms with E-state index in [9.17, 15) is 40.2 Å². The van der Waals surface area contributed by atoms with Gasteiger partial charge in [0.1, 0.15) is 36.1 Å². The predicted molar refractivity (Wildman–Crippen MR) is 272 cm³/mol. The summed E-state index contributed by atoms with van der Waals surface area (Å²) < 4.78 is 45.3. The molecule has 0 aliphatic carbocycles. The first-order valence-electron chi connectivity index (χ1n) is 26.6. The van der Waals surface area contributed by atoms with Crippen LogP contribution < -0.4 is 4.90 Å². The van der Waals surface area contributed by atoms with Gasteiger partial charge in [0.15, 0.2) is 12.6 Å². The van der Waals surface area contributed by atoms with E-state index in [-0.39, 0.29) is 37.9 Å². The highest BCUT2D eigenvalue weighted by Crippen LogP contribution is 2.40. The van der Waals surface area contributed by atoms with Crippen molar-refractivity contribution >= 4 is 17.7 Å². The summed E-state index contributed by atoms with van der Waals surface area (Å²) in [6.07, 6.45) is -7.07. The fourth-order valence-corrected chi connectivity index (χ4v) is 11.6. The lowest BCUT2D eigenvalue weighted by atomic mass is 9.77. The van der Waals surface area contributed by atoms with E-state index in [1.165, 1.54) is 18.9 Å². The molecule has 1 aromatic carbocycles. The molecule has 0 spiro atoms. The Labute approximate surface area is 437 Å². The molecule has 0 saturated carbocycles. The van der Waals surface area contributed by atoms with E-state index in [2.05, 4.69) is 15.2 Å². The maximum Gasteiger partial charge on any atom is 0.414 e. The Hall–Kier alpha value is -3.42. The van der Waals surface area contributed by atoms with Crippen molar-refractivity contribution in [3.05, 3.63) is 41.7 Å². The smallest absolute Gasteiger partial charge is 0.414 e. The van der Waals surface area contributed by atoms with Crippen molar-refractivity contribution in [2.24, 2.45) is 17.8 Å². The third-order valence-corrected chi connectivity index (χ3v) is 16.4. The van der Waals surface area contributed by atoms with Crippen LogP contribution in [0.4, 0.5) is 10.5 Å². The fraction of sp³-hybridized carbons (Fsp3) is 0.811. The van der Waals surface area contributed by atoms with Crippen molar-refractivity contribution < 1.29 is 73.4 Å². The Morgan fingerprint density at radius 1 is 0.905 bits per heavy atom. The molecule has 4 aliphatic rings. The van der Waals surface area contributed by atoms with Crippen molar-refractivity contribution in [2.45, 2.75) is 211 Å². The zero-order valence-electron chi connectivity index (χ0n) is 45.9. The second kappa shape index (κ2) is 24.9. The number of hydrogen-bond acceptors (Lipinski definition) is 19. The summed E-state index contributed by atoms with van der Waals surface area (Å²) in [6.45, 7) is 19.1. The van der Waals surface area contributed by atoms with Crippen LogP contribution in [0.15, 0.2) is 30.5 Å². The minimum Gasteiger partial charge on any atom is -0.459 e. The number of aliphatic hydroxyl groups is 6. The van der Waals surface area contributed by atoms with Gasteiger partial charge in [0, 0.05) is 69.5 Å². The third-order valence-electron chi connectivity index (χ3n) is 16.4. The van der Waals surface area contributed by atoms with Crippen molar-refractivity contribution in [3.8, 4) is 0 Å². The molecule has 5 heterocycles. The molecule has 420 valence electrons. The van der Waals surface area contributed by atoms with Crippen molar-refractivity contribution in [2.75, 3.05) is 52.3 Å². The van der Waals surface area contributed by atoms with Gasteiger partial charge < -0.3 is 73.6 Å². The summed E-state index contributed by atoms with van der Waals surface area (Å²) in [5, 5.41) is 77.9. The van der Waals surface area contributed by atoms with Crippen LogP contribution in [0.3, 0.4) is 0 Å². The minimum atomic E-state index is -1.84. The maximum atomic E-state index is 14.5. The molecular weight excluding hydrogens is 961 g/mol. The third kappa shape index (κ3) is 13.8. The number of amides is 1. The van der Waals surface area contributed by atoms with Crippen LogP contribution in [0.1, 0.15) is 106 Å². The number of rotatable bonds is 15. The van der Waals surface area contributed by atoms with Crippen LogP contribution in [-0.2, 0) is 57.3 Å². The van der Waals surface area contributed by atoms with Crippen LogP contribution in [0, 0.1) is 17.8 Å². The Bertz CT molecular complexity index is 2120. The van der Waals surface area contributed by atoms with E-state index >= 15 is 0 Å². The number of anilines is 1. The van der Waals surface area contributed by atoms with E-state index in [0.717, 1.165) is 11.3 Å². The summed E-state index contributed by atoms with van der Waals surface area (Å²) in [6, 6.07) is 6.61. The average molecular weight is 1050 g/mol. The number of hydrogen-bond donors (Lipinski definition) is 6. The number of ether oxygens (including phenoxy) is 7. The first-order chi connectivity index (χ1) is 34.7. The summed E-state index contributed by atoms with van der Waals surface area (Å²) in [7, 11) is 5.26. The Kier molecular flexibility index (Phi) is 20.1. The normalized spacial score (nSPS) is 40.4. The minimum absolute atomic E-state index is 0.0943. The second-order valence-electron chi connectivity index (χ2n) is 22.6. The number of carbonyl (C=O) groups excluding carboxylic acids is 2. The van der Waals surface area contributed by atoms with E-state index in [1.54, 1.807) is 46.2 Å². The zero-order valence-corrected chi connectivity index (χ0v) is 45.9. The largest absolute Gasteiger partial charge is 0.459 e. The number of aliphatic hydroxyl groups excluding tert-OH is 4. The maximum absolute atomic E-state index is 14.5. The zero-order chi connectivity index (χ0) is 54.6. The topological polar surface area (TPSA) is 261 Å². The Morgan fingerprint density at radius 3 is 2.23 bits per heavy atom. The number of methoxy groups -OCH3 is 1. The molecule has 0 unspecified atom stereocenters. The van der Waals surface area contributed by atoms with Crippen molar-refractivity contribution in [3.63, 3.8) is 0 Å². The predicted octanol–water partition coefficient (Wildman–Crippen LogP) is 2.67. The fourth-order valence-electron chi connectivity index (χ4n) is 11.6. The number of esters is 1. The molecule has 21 nitrogen and oxygen atoms in total. The van der Waals surface area contributed by atoms with Gasteiger partial charge in [0.2, 0.25) is 0 Å². The van der Waals surface area contributed by atoms with Gasteiger partial charge in [-0.05, 0) is 112 Å². The van der Waals surface area contributed by atoms with Crippen LogP contribution >= 0.6 is 0 Å². The van der Waals surface area contributed by atoms with Crippen LogP contribution in [0.5, 0.6) is 0 Å². The summed E-state index contributed by atoms with van der Waals surface area (Å²) in [4.78, 5) is 32.2. The molecule has 2 aromatic rings. The van der Waals surface area contributed by atoms with E-state index < -0.39 is 114 Å². The molecule has 19 atom stereocenters. The van der Waals surface area contributed by atoms with Gasteiger partial charge in [-0.15, -0.1) is 5.10 Å². The molecular formula is C53H88N6O15. The number of aromatic nitrogens is 3. The van der Waals surface area contributed by atoms with E-state index in [1.807, 2.05) is 70.2 Å². The lowest BCUT2D eigenvalue weighted by molar-refractivity contribution is -0.318. The van der Waals surface area contributed by atoms with Gasteiger partial charge in [-0.2, -0.15) is 0 Å². The Balaban J connectivity index is 1.21. The molecule has 1 amide bonds. The summed E-state index contributed by atoms with van der Waals surface area (Å²) in [5.74, 6) is -2.81. The van der Waals surface area contributed by atoms with E-state index in [0.29, 0.717) is 51.1 Å². The number of aryl methyl sites for hydroxylation is 2. The standard InChI is InChI=1S/C53H88N6O15/c1-14-41-53(10,67)45(62)34(6)57(12)26-30(2)24-51(8,66)47(32(4)44(33(5)48(64)72-41)73-42-25-52(9,68-13)46(63)35(7)70-42)74-49-43(61)40(23-31(3)69-49)56(11)21-20-37-27-58(55-54-37)22-19-36-15-17-38(18-16-36)59-28-39(29-60)71-50(59)65/h15-18,27,30-35,39-47,49,60-63,66-67H,14,19-26,28-29H2,1-13H3/t30-,31-,32+,33-,34-,35+,39-,40+,41-,42+,43-,44+,45-,46+,47-,49+,51-,52-,53-/m1/s1. The van der Waals surface area contributed by atoms with Gasteiger partial charge in [-0.3, -0.25) is 14.4 Å². The summed E-state index contributed by atoms with van der Waals surface area (Å²) in [5.41, 5.74) is -2.04. The van der Waals surface area contributed by atoms with Gasteiger partial charge in [0.25, 0.3) is 0 Å². The first kappa shape index (κ1) is 59.8. The van der Waals surface area contributed by atoms with Gasteiger partial charge >= 0.3 is 12.1 Å². The quantitative estimate of drug-likeness (QED) is 0.140. The van der Waals surface area contributed by atoms with Gasteiger partial charge in [-0.25, -0.2) is 4.79 Å². The molecule has 74 heavy (non-hydrogen) atoms. The van der Waals surface area contributed by atoms with Crippen LogP contribution in [-0.4, -0.2) is 211 Å². The second-order valence-corrected chi connectivity index (χ2v) is 22.6. The van der Waals surface area contributed by atoms with Crippen LogP contribution in [0.2, 0.25) is 0 Å². The molecule has 1 aromatic heterocycles. The molecule has 6 N–H and O–H groups in total. The van der Waals surface area contributed by atoms with Crippen LogP contribution in [0.25, 0.3) is 0 Å². The molecule has 4 fully saturated rings. The molecule has 0 radical (unpaired) electrons. The SMILES string of the molecule is CC[C@H]1OC(=O)[C@H](C)[C@@H](O[C@H]2C[C@@](C)(OC)[C@@H](O)[C@H](C)O2)[C@H](C)[C@@H](O[C@@H]2O[C@H](C)C[C@H](N(C)CCc3cn(CCc4ccc(N5C[C@H](CO)OC5=O)cc4)nn3)[C@H]2O)[C@](C)(O)C[C@@H](C)CN(C)[C@H](C)[C@@H](O)[C@]1(C)O. The first-order valence-corrected chi connectivity index (χ1v) is 26.6. The highest BCUT2D eigenvalue weighted by atomic mass is 16.7. The average Bonchev–Trinajstić information content (AvgIpc) is 3.99. The summed E-state index contributed by atoms with van der Waals surface area (Å²) >= 11 is 0. The highest BCUT2D eigenvalue weighted by molar-refractivity contribution is 5.89. The number of cyclic esters (lactones) is 2. The molecule has 21 heteroatoms. The number of likely N-dealkylation sites (N-methyl/N-ethyl adjacent to an activating group) is 2.